The Morgan fingerprint density at radius 2 is 1.81 bits per heavy atom. The molecule has 21 heavy (non-hydrogen) atoms. The molecule has 0 unspecified atom stereocenters. The summed E-state index contributed by atoms with van der Waals surface area (Å²) in [6.45, 7) is -0.986. The Hall–Kier alpha value is -1.12. The van der Waals surface area contributed by atoms with Gasteiger partial charge in [0.25, 0.3) is 0 Å². The molecule has 0 aromatic carbocycles. The molecule has 0 aromatic heterocycles. The van der Waals surface area contributed by atoms with Gasteiger partial charge in [-0.15, -0.1) is 0 Å². The Balaban J connectivity index is 1.97. The Labute approximate surface area is 124 Å². The third kappa shape index (κ3) is 3.96. The molecule has 0 radical (unpaired) electrons. The molecule has 2 fully saturated rings. The summed E-state index contributed by atoms with van der Waals surface area (Å²) in [5.74, 6) is -3.27. The van der Waals surface area contributed by atoms with Crippen molar-refractivity contribution in [2.75, 3.05) is 24.6 Å². The van der Waals surface area contributed by atoms with Gasteiger partial charge < -0.3 is 15.3 Å². The van der Waals surface area contributed by atoms with Crippen LogP contribution in [0, 0.1) is 11.8 Å². The summed E-state index contributed by atoms with van der Waals surface area (Å²) in [7, 11) is 0. The number of aliphatic carboxylic acids is 1. The van der Waals surface area contributed by atoms with Crippen LogP contribution in [0.4, 0.5) is 18.0 Å². The van der Waals surface area contributed by atoms with Crippen LogP contribution in [0.5, 0.6) is 0 Å². The van der Waals surface area contributed by atoms with E-state index in [1.165, 1.54) is 0 Å². The van der Waals surface area contributed by atoms with Gasteiger partial charge in [0, 0.05) is 19.1 Å². The van der Waals surface area contributed by atoms with Crippen molar-refractivity contribution in [3.8, 4) is 0 Å². The number of carboxylic acid groups (broad SMARTS) is 1. The van der Waals surface area contributed by atoms with E-state index in [9.17, 15) is 22.8 Å². The third-order valence-electron chi connectivity index (χ3n) is 3.89. The monoisotopic (exact) mass is 326 g/mol. The van der Waals surface area contributed by atoms with Gasteiger partial charge in [0.1, 0.15) is 0 Å². The largest absolute Gasteiger partial charge is 0.481 e. The van der Waals surface area contributed by atoms with E-state index in [4.69, 9.17) is 5.11 Å². The smallest absolute Gasteiger partial charge is 0.394 e. The minimum Gasteiger partial charge on any atom is -0.481 e. The highest BCUT2D eigenvalue weighted by molar-refractivity contribution is 7.99. The zero-order chi connectivity index (χ0) is 15.6. The van der Waals surface area contributed by atoms with Crippen LogP contribution in [0.15, 0.2) is 0 Å². The fraction of sp³-hybridized carbons (Fsp3) is 0.833. The molecule has 2 N–H and O–H groups in total. The molecule has 9 heteroatoms. The number of hydrogen-bond donors (Lipinski definition) is 2. The fourth-order valence-corrected chi connectivity index (χ4v) is 3.77. The van der Waals surface area contributed by atoms with Crippen molar-refractivity contribution >= 4 is 23.8 Å². The first-order valence-electron chi connectivity index (χ1n) is 6.71. The van der Waals surface area contributed by atoms with Gasteiger partial charge in [0.15, 0.2) is 0 Å². The summed E-state index contributed by atoms with van der Waals surface area (Å²) in [4.78, 5) is 23.9. The van der Waals surface area contributed by atoms with Gasteiger partial charge in [-0.3, -0.25) is 4.79 Å². The van der Waals surface area contributed by atoms with E-state index in [2.05, 4.69) is 5.32 Å². The van der Waals surface area contributed by atoms with Crippen molar-refractivity contribution < 1.29 is 27.9 Å². The molecule has 2 amide bonds. The number of urea groups is 1. The zero-order valence-electron chi connectivity index (χ0n) is 11.2. The van der Waals surface area contributed by atoms with E-state index >= 15 is 0 Å². The molecule has 0 aliphatic carbocycles. The predicted molar refractivity (Wildman–Crippen MR) is 71.1 cm³/mol. The second kappa shape index (κ2) is 6.33. The maximum Gasteiger partial charge on any atom is 0.394 e. The summed E-state index contributed by atoms with van der Waals surface area (Å²) in [6, 6.07) is -0.628. The zero-order valence-corrected chi connectivity index (χ0v) is 12.0. The lowest BCUT2D eigenvalue weighted by Crippen LogP contribution is -2.45. The minimum atomic E-state index is -4.61. The molecule has 2 saturated heterocycles. The summed E-state index contributed by atoms with van der Waals surface area (Å²) < 4.78 is 38.5. The highest BCUT2D eigenvalue weighted by Crippen LogP contribution is 2.37. The molecule has 0 aromatic rings. The molecule has 120 valence electrons. The second-order valence-corrected chi connectivity index (χ2v) is 6.56. The number of carbonyl (C=O) groups excluding carboxylic acids is 1. The van der Waals surface area contributed by atoms with E-state index in [1.807, 2.05) is 0 Å². The van der Waals surface area contributed by atoms with Gasteiger partial charge >= 0.3 is 18.2 Å². The molecule has 0 bridgehead atoms. The van der Waals surface area contributed by atoms with Crippen LogP contribution in [-0.2, 0) is 4.79 Å². The highest BCUT2D eigenvalue weighted by Gasteiger charge is 2.53. The lowest BCUT2D eigenvalue weighted by molar-refractivity contribution is -0.187. The lowest BCUT2D eigenvalue weighted by Gasteiger charge is -2.26. The maximum atomic E-state index is 12.8. The van der Waals surface area contributed by atoms with Crippen LogP contribution < -0.4 is 5.32 Å². The summed E-state index contributed by atoms with van der Waals surface area (Å²) in [5, 5.41) is 11.6. The third-order valence-corrected chi connectivity index (χ3v) is 4.94. The first-order chi connectivity index (χ1) is 9.79. The molecule has 0 spiro atoms. The number of carboxylic acids is 1. The SMILES string of the molecule is O=C(O)[C@@H]1CN(C(=O)NC2CCSCC2)C[C@H]1C(F)(F)F. The maximum absolute atomic E-state index is 12.8. The standard InChI is InChI=1S/C12H17F3N2O3S/c13-12(14,15)9-6-17(5-8(9)10(18)19)11(20)16-7-1-3-21-4-2-7/h7-9H,1-6H2,(H,16,20)(H,18,19)/t8-,9-/m1/s1. The molecule has 2 aliphatic heterocycles. The van der Waals surface area contributed by atoms with Crippen molar-refractivity contribution in [2.24, 2.45) is 11.8 Å². The van der Waals surface area contributed by atoms with E-state index < -0.39 is 43.1 Å². The number of likely N-dealkylation sites (tertiary alicyclic amines) is 1. The lowest BCUT2D eigenvalue weighted by atomic mass is 9.96. The molecule has 2 rings (SSSR count). The van der Waals surface area contributed by atoms with Gasteiger partial charge in [0.2, 0.25) is 0 Å². The van der Waals surface area contributed by atoms with Gasteiger partial charge in [0.05, 0.1) is 11.8 Å². The van der Waals surface area contributed by atoms with Crippen LogP contribution in [0.2, 0.25) is 0 Å². The van der Waals surface area contributed by atoms with E-state index in [1.54, 1.807) is 11.8 Å². The van der Waals surface area contributed by atoms with Crippen molar-refractivity contribution in [3.05, 3.63) is 0 Å². The first kappa shape index (κ1) is 16.3. The van der Waals surface area contributed by atoms with Gasteiger partial charge in [-0.05, 0) is 24.3 Å². The van der Waals surface area contributed by atoms with Crippen LogP contribution in [0.1, 0.15) is 12.8 Å². The fourth-order valence-electron chi connectivity index (χ4n) is 2.66. The second-order valence-electron chi connectivity index (χ2n) is 5.33. The number of hydrogen-bond acceptors (Lipinski definition) is 3. The topological polar surface area (TPSA) is 69.6 Å². The molecule has 5 nitrogen and oxygen atoms in total. The molecular formula is C12H17F3N2O3S. The number of alkyl halides is 3. The molecule has 2 aliphatic rings. The van der Waals surface area contributed by atoms with Crippen molar-refractivity contribution in [1.82, 2.24) is 10.2 Å². The van der Waals surface area contributed by atoms with Crippen molar-refractivity contribution in [3.63, 3.8) is 0 Å². The first-order valence-corrected chi connectivity index (χ1v) is 7.87. The van der Waals surface area contributed by atoms with Crippen LogP contribution in [0.25, 0.3) is 0 Å². The highest BCUT2D eigenvalue weighted by atomic mass is 32.2. The van der Waals surface area contributed by atoms with Gasteiger partial charge in [-0.25, -0.2) is 4.79 Å². The quantitative estimate of drug-likeness (QED) is 0.812. The van der Waals surface area contributed by atoms with E-state index in [0.29, 0.717) is 0 Å². The number of amides is 2. The van der Waals surface area contributed by atoms with Crippen LogP contribution >= 0.6 is 11.8 Å². The number of nitrogens with zero attached hydrogens (tertiary/aromatic N) is 1. The number of halogens is 3. The Kier molecular flexibility index (Phi) is 4.90. The summed E-state index contributed by atoms with van der Waals surface area (Å²) in [6.07, 6.45) is -3.04. The molecule has 2 atom stereocenters. The van der Waals surface area contributed by atoms with Crippen LogP contribution in [-0.4, -0.2) is 58.8 Å². The predicted octanol–water partition coefficient (Wildman–Crippen LogP) is 1.79. The van der Waals surface area contributed by atoms with Gasteiger partial charge in [-0.1, -0.05) is 0 Å². The number of rotatable bonds is 2. The molecular weight excluding hydrogens is 309 g/mol. The van der Waals surface area contributed by atoms with E-state index in [0.717, 1.165) is 29.2 Å². The normalized spacial score (nSPS) is 27.7. The minimum absolute atomic E-state index is 0.0352. The summed E-state index contributed by atoms with van der Waals surface area (Å²) >= 11 is 1.77. The van der Waals surface area contributed by atoms with Crippen molar-refractivity contribution in [1.29, 1.82) is 0 Å². The number of carbonyl (C=O) groups is 2. The molecule has 2 heterocycles. The van der Waals surface area contributed by atoms with E-state index in [-0.39, 0.29) is 6.04 Å². The average molecular weight is 326 g/mol. The van der Waals surface area contributed by atoms with Crippen LogP contribution in [0.3, 0.4) is 0 Å². The van der Waals surface area contributed by atoms with Crippen molar-refractivity contribution in [2.45, 2.75) is 25.1 Å². The Bertz CT molecular complexity index is 413. The number of nitrogens with one attached hydrogen (secondary N) is 1. The molecule has 0 saturated carbocycles. The number of thioether (sulfide) groups is 1. The summed E-state index contributed by atoms with van der Waals surface area (Å²) in [5.41, 5.74) is 0. The Morgan fingerprint density at radius 3 is 2.29 bits per heavy atom. The average Bonchev–Trinajstić information content (AvgIpc) is 2.85. The Morgan fingerprint density at radius 1 is 1.19 bits per heavy atom. The van der Waals surface area contributed by atoms with Gasteiger partial charge in [-0.2, -0.15) is 24.9 Å².